The van der Waals surface area contributed by atoms with Crippen LogP contribution in [0.25, 0.3) is 0 Å². The molecule has 0 radical (unpaired) electrons. The van der Waals surface area contributed by atoms with E-state index in [2.05, 4.69) is 20.8 Å². The van der Waals surface area contributed by atoms with E-state index in [1.165, 1.54) is 11.0 Å². The molecule has 1 heterocycles. The first kappa shape index (κ1) is 13.9. The van der Waals surface area contributed by atoms with Crippen LogP contribution in [-0.4, -0.2) is 51.4 Å². The predicted octanol–water partition coefficient (Wildman–Crippen LogP) is -0.924. The number of carbonyl (C=O) groups excluding carboxylic acids is 1. The Morgan fingerprint density at radius 1 is 1.42 bits per heavy atom. The van der Waals surface area contributed by atoms with Crippen LogP contribution in [0.15, 0.2) is 6.33 Å². The van der Waals surface area contributed by atoms with Crippen molar-refractivity contribution in [2.45, 2.75) is 44.4 Å². The lowest BCUT2D eigenvalue weighted by molar-refractivity contribution is -0.122. The SMILES string of the molecule is NC1CCC(OCCNC(=O)Cn2cnnn2)CC1. The Bertz CT molecular complexity index is 375. The van der Waals surface area contributed by atoms with Crippen molar-refractivity contribution in [2.75, 3.05) is 13.2 Å². The molecular formula is C11H20N6O2. The fraction of sp³-hybridized carbons (Fsp3) is 0.818. The summed E-state index contributed by atoms with van der Waals surface area (Å²) in [4.78, 5) is 11.5. The molecule has 1 amide bonds. The van der Waals surface area contributed by atoms with E-state index in [4.69, 9.17) is 10.5 Å². The Morgan fingerprint density at radius 2 is 2.21 bits per heavy atom. The molecule has 0 atom stereocenters. The molecule has 8 heteroatoms. The van der Waals surface area contributed by atoms with Gasteiger partial charge in [-0.05, 0) is 36.1 Å². The van der Waals surface area contributed by atoms with E-state index in [0.717, 1.165) is 25.7 Å². The Labute approximate surface area is 111 Å². The molecule has 8 nitrogen and oxygen atoms in total. The fourth-order valence-electron chi connectivity index (χ4n) is 2.13. The summed E-state index contributed by atoms with van der Waals surface area (Å²) in [6, 6.07) is 0.329. The largest absolute Gasteiger partial charge is 0.376 e. The summed E-state index contributed by atoms with van der Waals surface area (Å²) in [5, 5.41) is 13.3. The second kappa shape index (κ2) is 7.15. The third-order valence-electron chi connectivity index (χ3n) is 3.19. The molecule has 0 unspecified atom stereocenters. The van der Waals surface area contributed by atoms with Gasteiger partial charge in [0.1, 0.15) is 12.9 Å². The standard InChI is InChI=1S/C11H20N6O2/c12-9-1-3-10(4-2-9)19-6-5-13-11(18)7-17-8-14-15-16-17/h8-10H,1-7,12H2,(H,13,18). The average molecular weight is 268 g/mol. The van der Waals surface area contributed by atoms with Gasteiger partial charge in [-0.3, -0.25) is 4.79 Å². The van der Waals surface area contributed by atoms with Gasteiger partial charge >= 0.3 is 0 Å². The number of carbonyl (C=O) groups is 1. The van der Waals surface area contributed by atoms with Crippen LogP contribution in [0.5, 0.6) is 0 Å². The zero-order chi connectivity index (χ0) is 13.5. The fourth-order valence-corrected chi connectivity index (χ4v) is 2.13. The summed E-state index contributed by atoms with van der Waals surface area (Å²) < 4.78 is 7.07. The van der Waals surface area contributed by atoms with Crippen molar-refractivity contribution in [1.82, 2.24) is 25.5 Å². The second-order valence-corrected chi connectivity index (χ2v) is 4.76. The maximum atomic E-state index is 11.5. The molecule has 0 saturated heterocycles. The lowest BCUT2D eigenvalue weighted by Crippen LogP contribution is -2.34. The number of hydrogen-bond acceptors (Lipinski definition) is 6. The molecule has 1 fully saturated rings. The lowest BCUT2D eigenvalue weighted by Gasteiger charge is -2.26. The van der Waals surface area contributed by atoms with Crippen molar-refractivity contribution in [2.24, 2.45) is 5.73 Å². The first-order valence-electron chi connectivity index (χ1n) is 6.58. The Kier molecular flexibility index (Phi) is 5.22. The van der Waals surface area contributed by atoms with Crippen molar-refractivity contribution in [3.8, 4) is 0 Å². The van der Waals surface area contributed by atoms with Gasteiger partial charge in [-0.15, -0.1) is 5.10 Å². The highest BCUT2D eigenvalue weighted by atomic mass is 16.5. The van der Waals surface area contributed by atoms with Crippen molar-refractivity contribution in [3.05, 3.63) is 6.33 Å². The Morgan fingerprint density at radius 3 is 2.89 bits per heavy atom. The number of rotatable bonds is 6. The molecular weight excluding hydrogens is 248 g/mol. The van der Waals surface area contributed by atoms with Crippen LogP contribution in [0.3, 0.4) is 0 Å². The number of nitrogens with two attached hydrogens (primary N) is 1. The van der Waals surface area contributed by atoms with Gasteiger partial charge in [-0.25, -0.2) is 4.68 Å². The number of hydrogen-bond donors (Lipinski definition) is 2. The van der Waals surface area contributed by atoms with Crippen LogP contribution in [0.1, 0.15) is 25.7 Å². The molecule has 3 N–H and O–H groups in total. The number of nitrogens with one attached hydrogen (secondary N) is 1. The molecule has 106 valence electrons. The smallest absolute Gasteiger partial charge is 0.241 e. The van der Waals surface area contributed by atoms with Gasteiger partial charge < -0.3 is 15.8 Å². The quantitative estimate of drug-likeness (QED) is 0.646. The normalized spacial score (nSPS) is 23.2. The average Bonchev–Trinajstić information content (AvgIpc) is 2.89. The van der Waals surface area contributed by atoms with Crippen LogP contribution in [0, 0.1) is 0 Å². The molecule has 0 bridgehead atoms. The van der Waals surface area contributed by atoms with Crippen molar-refractivity contribution in [1.29, 1.82) is 0 Å². The predicted molar refractivity (Wildman–Crippen MR) is 67.0 cm³/mol. The van der Waals surface area contributed by atoms with Gasteiger partial charge in [-0.1, -0.05) is 0 Å². The molecule has 1 aromatic rings. The third kappa shape index (κ3) is 4.92. The Hall–Kier alpha value is -1.54. The summed E-state index contributed by atoms with van der Waals surface area (Å²) in [5.74, 6) is -0.124. The molecule has 1 saturated carbocycles. The summed E-state index contributed by atoms with van der Waals surface area (Å²) in [6.07, 6.45) is 5.77. The molecule has 19 heavy (non-hydrogen) atoms. The summed E-state index contributed by atoms with van der Waals surface area (Å²) in [5.41, 5.74) is 5.82. The van der Waals surface area contributed by atoms with Gasteiger partial charge in [0.2, 0.25) is 5.91 Å². The molecule has 2 rings (SSSR count). The van der Waals surface area contributed by atoms with Gasteiger partial charge in [0.05, 0.1) is 12.7 Å². The molecule has 0 spiro atoms. The topological polar surface area (TPSA) is 108 Å². The summed E-state index contributed by atoms with van der Waals surface area (Å²) >= 11 is 0. The van der Waals surface area contributed by atoms with Crippen LogP contribution < -0.4 is 11.1 Å². The van der Waals surface area contributed by atoms with Crippen molar-refractivity contribution in [3.63, 3.8) is 0 Å². The number of aromatic nitrogens is 4. The number of nitrogens with zero attached hydrogens (tertiary/aromatic N) is 4. The highest BCUT2D eigenvalue weighted by Crippen LogP contribution is 2.19. The summed E-state index contributed by atoms with van der Waals surface area (Å²) in [7, 11) is 0. The zero-order valence-corrected chi connectivity index (χ0v) is 10.9. The minimum Gasteiger partial charge on any atom is -0.376 e. The van der Waals surface area contributed by atoms with E-state index in [1.807, 2.05) is 0 Å². The first-order chi connectivity index (χ1) is 9.24. The first-order valence-corrected chi connectivity index (χ1v) is 6.58. The van der Waals surface area contributed by atoms with E-state index in [-0.39, 0.29) is 18.6 Å². The number of tetrazole rings is 1. The molecule has 1 aliphatic carbocycles. The van der Waals surface area contributed by atoms with E-state index in [0.29, 0.717) is 19.2 Å². The third-order valence-corrected chi connectivity index (χ3v) is 3.19. The van der Waals surface area contributed by atoms with Gasteiger partial charge in [0.25, 0.3) is 0 Å². The van der Waals surface area contributed by atoms with Crippen molar-refractivity contribution < 1.29 is 9.53 Å². The van der Waals surface area contributed by atoms with E-state index in [1.54, 1.807) is 0 Å². The van der Waals surface area contributed by atoms with Gasteiger partial charge in [0, 0.05) is 12.6 Å². The maximum absolute atomic E-state index is 11.5. The highest BCUT2D eigenvalue weighted by Gasteiger charge is 2.18. The van der Waals surface area contributed by atoms with Gasteiger partial charge in [-0.2, -0.15) is 0 Å². The van der Waals surface area contributed by atoms with Crippen LogP contribution in [0.2, 0.25) is 0 Å². The van der Waals surface area contributed by atoms with E-state index < -0.39 is 0 Å². The minimum absolute atomic E-state index is 0.124. The van der Waals surface area contributed by atoms with Crippen LogP contribution in [0.4, 0.5) is 0 Å². The van der Waals surface area contributed by atoms with E-state index in [9.17, 15) is 4.79 Å². The van der Waals surface area contributed by atoms with Crippen LogP contribution >= 0.6 is 0 Å². The second-order valence-electron chi connectivity index (χ2n) is 4.76. The monoisotopic (exact) mass is 268 g/mol. The lowest BCUT2D eigenvalue weighted by atomic mass is 9.94. The zero-order valence-electron chi connectivity index (χ0n) is 10.9. The van der Waals surface area contributed by atoms with Crippen molar-refractivity contribution >= 4 is 5.91 Å². The molecule has 1 aliphatic rings. The van der Waals surface area contributed by atoms with E-state index >= 15 is 0 Å². The number of amides is 1. The highest BCUT2D eigenvalue weighted by molar-refractivity contribution is 5.75. The molecule has 0 aromatic carbocycles. The van der Waals surface area contributed by atoms with Crippen LogP contribution in [-0.2, 0) is 16.1 Å². The minimum atomic E-state index is -0.124. The maximum Gasteiger partial charge on any atom is 0.241 e. The molecule has 0 aliphatic heterocycles. The van der Waals surface area contributed by atoms with Gasteiger partial charge in [0.15, 0.2) is 0 Å². The number of ether oxygens (including phenoxy) is 1. The molecule has 1 aromatic heterocycles. The Balaban J connectivity index is 1.53. The summed E-state index contributed by atoms with van der Waals surface area (Å²) in [6.45, 7) is 1.16.